The highest BCUT2D eigenvalue weighted by atomic mass is 32.1. The van der Waals surface area contributed by atoms with E-state index in [9.17, 15) is 19.7 Å². The number of benzene rings is 2. The van der Waals surface area contributed by atoms with Gasteiger partial charge in [-0.1, -0.05) is 29.5 Å². The van der Waals surface area contributed by atoms with Gasteiger partial charge >= 0.3 is 0 Å². The molecule has 10 nitrogen and oxygen atoms in total. The first-order valence-corrected chi connectivity index (χ1v) is 10.5. The van der Waals surface area contributed by atoms with Crippen LogP contribution in [0.25, 0.3) is 28.0 Å². The van der Waals surface area contributed by atoms with Crippen LogP contribution in [0, 0.1) is 17.0 Å². The van der Waals surface area contributed by atoms with Crippen molar-refractivity contribution < 1.29 is 4.92 Å². The number of nitrogens with zero attached hydrogens (tertiary/aromatic N) is 6. The van der Waals surface area contributed by atoms with Crippen LogP contribution in [0.4, 0.5) is 5.69 Å². The number of nitro groups is 1. The van der Waals surface area contributed by atoms with Crippen molar-refractivity contribution in [3.63, 3.8) is 0 Å². The van der Waals surface area contributed by atoms with Crippen LogP contribution in [0.2, 0.25) is 0 Å². The molecular weight excluding hydrogens is 444 g/mol. The fourth-order valence-corrected chi connectivity index (χ4v) is 4.19. The third kappa shape index (κ3) is 3.70. The van der Waals surface area contributed by atoms with Gasteiger partial charge in [-0.15, -0.1) is 0 Å². The minimum absolute atomic E-state index is 0.0320. The Bertz CT molecular complexity index is 1690. The van der Waals surface area contributed by atoms with Gasteiger partial charge in [-0.3, -0.25) is 19.7 Å². The molecule has 0 bridgehead atoms. The standard InChI is InChI=1S/C22H14N6O4S/c1-13-20(29)23-22-27(24-13)21(30)18(33-22)11-15-12-26(16-5-3-2-4-6-16)25-19(15)14-7-9-17(10-8-14)28(31)32/h2-12H,1H3. The molecule has 0 aliphatic heterocycles. The second-order valence-electron chi connectivity index (χ2n) is 7.13. The van der Waals surface area contributed by atoms with Crippen LogP contribution in [0.3, 0.4) is 0 Å². The van der Waals surface area contributed by atoms with Gasteiger partial charge in [0.2, 0.25) is 4.96 Å². The number of non-ortho nitro benzene ring substituents is 1. The number of aryl methyl sites for hydroxylation is 1. The van der Waals surface area contributed by atoms with Gasteiger partial charge in [-0.2, -0.15) is 19.7 Å². The van der Waals surface area contributed by atoms with Crippen molar-refractivity contribution in [2.75, 3.05) is 0 Å². The molecule has 0 atom stereocenters. The lowest BCUT2D eigenvalue weighted by atomic mass is 10.1. The van der Waals surface area contributed by atoms with E-state index >= 15 is 0 Å². The summed E-state index contributed by atoms with van der Waals surface area (Å²) >= 11 is 1.05. The van der Waals surface area contributed by atoms with E-state index in [0.717, 1.165) is 21.5 Å². The third-order valence-electron chi connectivity index (χ3n) is 4.94. The molecule has 162 valence electrons. The lowest BCUT2D eigenvalue weighted by molar-refractivity contribution is -0.384. The van der Waals surface area contributed by atoms with Crippen molar-refractivity contribution in [2.24, 2.45) is 0 Å². The van der Waals surface area contributed by atoms with Crippen LogP contribution >= 0.6 is 11.3 Å². The predicted octanol–water partition coefficient (Wildman–Crippen LogP) is 2.13. The van der Waals surface area contributed by atoms with Crippen molar-refractivity contribution >= 4 is 28.1 Å². The van der Waals surface area contributed by atoms with Crippen LogP contribution in [0.15, 0.2) is 70.4 Å². The second-order valence-corrected chi connectivity index (χ2v) is 8.14. The topological polar surface area (TPSA) is 125 Å². The second kappa shape index (κ2) is 7.88. The number of aromatic nitrogens is 5. The monoisotopic (exact) mass is 458 g/mol. The van der Waals surface area contributed by atoms with Crippen molar-refractivity contribution in [2.45, 2.75) is 6.92 Å². The first-order valence-electron chi connectivity index (χ1n) is 9.73. The molecule has 0 N–H and O–H groups in total. The molecule has 3 aromatic heterocycles. The molecule has 0 saturated heterocycles. The fourth-order valence-electron chi connectivity index (χ4n) is 3.30. The predicted molar refractivity (Wildman–Crippen MR) is 123 cm³/mol. The molecule has 2 aromatic carbocycles. The summed E-state index contributed by atoms with van der Waals surface area (Å²) in [6, 6.07) is 15.5. The van der Waals surface area contributed by atoms with Crippen LogP contribution in [-0.4, -0.2) is 29.3 Å². The zero-order valence-corrected chi connectivity index (χ0v) is 17.9. The van der Waals surface area contributed by atoms with E-state index in [2.05, 4.69) is 15.2 Å². The molecule has 5 rings (SSSR count). The molecule has 0 aliphatic carbocycles. The molecule has 0 amide bonds. The smallest absolute Gasteiger partial charge is 0.266 e. The third-order valence-corrected chi connectivity index (χ3v) is 5.90. The van der Waals surface area contributed by atoms with Gasteiger partial charge in [0.15, 0.2) is 0 Å². The highest BCUT2D eigenvalue weighted by Gasteiger charge is 2.15. The normalized spacial score (nSPS) is 11.8. The van der Waals surface area contributed by atoms with E-state index in [-0.39, 0.29) is 16.3 Å². The van der Waals surface area contributed by atoms with Crippen LogP contribution in [-0.2, 0) is 0 Å². The number of fused-ring (bicyclic) bond motifs is 1. The summed E-state index contributed by atoms with van der Waals surface area (Å²) in [7, 11) is 0. The first-order chi connectivity index (χ1) is 15.9. The van der Waals surface area contributed by atoms with E-state index in [1.807, 2.05) is 30.3 Å². The van der Waals surface area contributed by atoms with Gasteiger partial charge in [0.25, 0.3) is 16.8 Å². The molecule has 0 unspecified atom stereocenters. The van der Waals surface area contributed by atoms with Crippen LogP contribution < -0.4 is 15.7 Å². The Labute approximate surface area is 188 Å². The molecule has 11 heteroatoms. The average molecular weight is 458 g/mol. The maximum atomic E-state index is 12.9. The summed E-state index contributed by atoms with van der Waals surface area (Å²) in [6.07, 6.45) is 3.43. The van der Waals surface area contributed by atoms with E-state index in [1.165, 1.54) is 19.1 Å². The molecule has 0 radical (unpaired) electrons. The van der Waals surface area contributed by atoms with Gasteiger partial charge in [0, 0.05) is 29.5 Å². The van der Waals surface area contributed by atoms with E-state index < -0.39 is 16.0 Å². The summed E-state index contributed by atoms with van der Waals surface area (Å²) in [6.45, 7) is 1.50. The number of thiazole rings is 1. The number of nitro benzene ring substituents is 1. The van der Waals surface area contributed by atoms with Crippen molar-refractivity contribution in [1.82, 2.24) is 24.4 Å². The molecule has 5 aromatic rings. The zero-order chi connectivity index (χ0) is 23.1. The Morgan fingerprint density at radius 3 is 2.45 bits per heavy atom. The quantitative estimate of drug-likeness (QED) is 0.298. The average Bonchev–Trinajstić information content (AvgIpc) is 3.37. The largest absolute Gasteiger partial charge is 0.295 e. The van der Waals surface area contributed by atoms with Crippen molar-refractivity contribution in [3.8, 4) is 16.9 Å². The summed E-state index contributed by atoms with van der Waals surface area (Å²) in [5.74, 6) is 0. The first kappa shape index (κ1) is 20.4. The SMILES string of the molecule is Cc1nn2c(=O)c(=Cc3cn(-c4ccccc4)nc3-c3ccc([N+](=O)[O-])cc3)sc2nc1=O. The molecule has 0 fully saturated rings. The Hall–Kier alpha value is -4.51. The van der Waals surface area contributed by atoms with Crippen molar-refractivity contribution in [1.29, 1.82) is 0 Å². The van der Waals surface area contributed by atoms with Gasteiger partial charge in [0.05, 0.1) is 15.1 Å². The minimum Gasteiger partial charge on any atom is -0.266 e. The zero-order valence-electron chi connectivity index (χ0n) is 17.1. The minimum atomic E-state index is -0.480. The number of hydrogen-bond acceptors (Lipinski definition) is 8. The summed E-state index contributed by atoms with van der Waals surface area (Å²) < 4.78 is 3.11. The fraction of sp³-hybridized carbons (Fsp3) is 0.0455. The molecular formula is C22H14N6O4S. The van der Waals surface area contributed by atoms with Gasteiger partial charge in [-0.25, -0.2) is 4.68 Å². The van der Waals surface area contributed by atoms with Crippen LogP contribution in [0.1, 0.15) is 11.3 Å². The maximum Gasteiger partial charge on any atom is 0.295 e. The van der Waals surface area contributed by atoms with Gasteiger partial charge in [-0.05, 0) is 37.3 Å². The Morgan fingerprint density at radius 1 is 1.03 bits per heavy atom. The Balaban J connectivity index is 1.73. The lowest BCUT2D eigenvalue weighted by Crippen LogP contribution is -2.27. The summed E-state index contributed by atoms with van der Waals surface area (Å²) in [5.41, 5.74) is 1.85. The lowest BCUT2D eigenvalue weighted by Gasteiger charge is -2.00. The van der Waals surface area contributed by atoms with Gasteiger partial charge in [0.1, 0.15) is 11.4 Å². The number of rotatable bonds is 4. The molecule has 0 spiro atoms. The maximum absolute atomic E-state index is 12.9. The molecule has 3 heterocycles. The van der Waals surface area contributed by atoms with Crippen molar-refractivity contribution in [3.05, 3.63) is 107 Å². The van der Waals surface area contributed by atoms with E-state index in [0.29, 0.717) is 21.4 Å². The molecule has 0 aliphatic rings. The Morgan fingerprint density at radius 2 is 1.76 bits per heavy atom. The van der Waals surface area contributed by atoms with Gasteiger partial charge < -0.3 is 0 Å². The molecule has 33 heavy (non-hydrogen) atoms. The number of para-hydroxylation sites is 1. The van der Waals surface area contributed by atoms with E-state index in [4.69, 9.17) is 0 Å². The summed E-state index contributed by atoms with van der Waals surface area (Å²) in [4.78, 5) is 39.4. The molecule has 0 saturated carbocycles. The van der Waals surface area contributed by atoms with Crippen LogP contribution in [0.5, 0.6) is 0 Å². The summed E-state index contributed by atoms with van der Waals surface area (Å²) in [5, 5.41) is 19.7. The highest BCUT2D eigenvalue weighted by Crippen LogP contribution is 2.26. The highest BCUT2D eigenvalue weighted by molar-refractivity contribution is 7.15. The number of hydrogen-bond donors (Lipinski definition) is 0. The van der Waals surface area contributed by atoms with E-state index in [1.54, 1.807) is 29.1 Å². The Kier molecular flexibility index (Phi) is 4.87.